The van der Waals surface area contributed by atoms with Crippen LogP contribution < -0.4 is 16.1 Å². The van der Waals surface area contributed by atoms with E-state index in [2.05, 4.69) is 54.2 Å². The van der Waals surface area contributed by atoms with Crippen molar-refractivity contribution in [3.63, 3.8) is 0 Å². The van der Waals surface area contributed by atoms with Crippen molar-refractivity contribution in [1.29, 1.82) is 0 Å². The van der Waals surface area contributed by atoms with E-state index >= 15 is 0 Å². The summed E-state index contributed by atoms with van der Waals surface area (Å²) in [5.41, 5.74) is 3.94. The number of hydrogen-bond donors (Lipinski definition) is 3. The Hall–Kier alpha value is -2.71. The Morgan fingerprint density at radius 3 is 2.56 bits per heavy atom. The molecule has 0 radical (unpaired) electrons. The first-order valence-corrected chi connectivity index (χ1v) is 12.1. The molecule has 170 valence electrons. The van der Waals surface area contributed by atoms with Crippen LogP contribution in [0.1, 0.15) is 61.6 Å². The van der Waals surface area contributed by atoms with E-state index in [-0.39, 0.29) is 18.5 Å². The third-order valence-corrected chi connectivity index (χ3v) is 7.48. The first kappa shape index (κ1) is 22.5. The van der Waals surface area contributed by atoms with Crippen LogP contribution in [0.5, 0.6) is 0 Å². The van der Waals surface area contributed by atoms with Crippen molar-refractivity contribution >= 4 is 29.2 Å². The highest BCUT2D eigenvalue weighted by Crippen LogP contribution is 2.35. The second-order valence-corrected chi connectivity index (χ2v) is 9.77. The van der Waals surface area contributed by atoms with Crippen LogP contribution in [0.15, 0.2) is 41.8 Å². The molecule has 1 saturated heterocycles. The lowest BCUT2D eigenvalue weighted by molar-refractivity contribution is -0.139. The smallest absolute Gasteiger partial charge is 0.322 e. The van der Waals surface area contributed by atoms with Gasteiger partial charge in [-0.15, -0.1) is 11.3 Å². The molecule has 1 aromatic heterocycles. The fraction of sp³-hybridized carbons (Fsp3) is 0.458. The molecule has 1 aliphatic heterocycles. The number of rotatable bonds is 7. The van der Waals surface area contributed by atoms with Gasteiger partial charge < -0.3 is 5.32 Å². The van der Waals surface area contributed by atoms with Crippen molar-refractivity contribution in [2.75, 3.05) is 6.54 Å². The topological polar surface area (TPSA) is 90.5 Å². The number of urea groups is 1. The molecule has 1 aliphatic carbocycles. The Morgan fingerprint density at radius 1 is 1.22 bits per heavy atom. The average Bonchev–Trinajstić information content (AvgIpc) is 3.40. The number of aryl methyl sites for hydroxylation is 1. The zero-order valence-corrected chi connectivity index (χ0v) is 19.3. The van der Waals surface area contributed by atoms with Crippen molar-refractivity contribution in [2.45, 2.75) is 57.5 Å². The molecule has 0 unspecified atom stereocenters. The van der Waals surface area contributed by atoms with Crippen LogP contribution in [0.2, 0.25) is 0 Å². The normalized spacial score (nSPS) is 23.9. The summed E-state index contributed by atoms with van der Waals surface area (Å²) < 4.78 is 0. The molecule has 1 saturated carbocycles. The molecule has 32 heavy (non-hydrogen) atoms. The summed E-state index contributed by atoms with van der Waals surface area (Å²) in [6.07, 6.45) is 3.95. The molecule has 3 N–H and O–H groups in total. The van der Waals surface area contributed by atoms with Crippen LogP contribution in [0.25, 0.3) is 0 Å². The highest BCUT2D eigenvalue weighted by molar-refractivity contribution is 7.10. The number of hydrogen-bond acceptors (Lipinski definition) is 5. The van der Waals surface area contributed by atoms with Gasteiger partial charge in [0.2, 0.25) is 0 Å². The maximum Gasteiger partial charge on any atom is 0.344 e. The second-order valence-electron chi connectivity index (χ2n) is 8.79. The first-order chi connectivity index (χ1) is 15.4. The number of imide groups is 1. The summed E-state index contributed by atoms with van der Waals surface area (Å²) in [5, 5.41) is 8.97. The Kier molecular flexibility index (Phi) is 6.62. The molecule has 8 heteroatoms. The summed E-state index contributed by atoms with van der Waals surface area (Å²) in [6.45, 7) is 4.24. The van der Waals surface area contributed by atoms with Gasteiger partial charge in [-0.05, 0) is 60.6 Å². The molecule has 2 heterocycles. The van der Waals surface area contributed by atoms with Gasteiger partial charge in [-0.3, -0.25) is 20.3 Å². The fourth-order valence-corrected chi connectivity index (χ4v) is 5.29. The third-order valence-electron chi connectivity index (χ3n) is 6.54. The van der Waals surface area contributed by atoms with Gasteiger partial charge in [-0.1, -0.05) is 44.2 Å². The number of benzene rings is 1. The molecular formula is C24H30N4O3S. The summed E-state index contributed by atoms with van der Waals surface area (Å²) >= 11 is 1.61. The molecule has 2 aromatic rings. The number of carbonyl (C=O) groups excluding carboxylic acids is 3. The summed E-state index contributed by atoms with van der Waals surface area (Å²) in [7, 11) is 0. The quantitative estimate of drug-likeness (QED) is 0.559. The van der Waals surface area contributed by atoms with Gasteiger partial charge in [-0.2, -0.15) is 5.01 Å². The second kappa shape index (κ2) is 9.42. The van der Waals surface area contributed by atoms with E-state index in [1.807, 2.05) is 17.5 Å². The molecule has 1 atom stereocenters. The van der Waals surface area contributed by atoms with Crippen molar-refractivity contribution in [3.05, 3.63) is 57.8 Å². The minimum atomic E-state index is -0.870. The van der Waals surface area contributed by atoms with Gasteiger partial charge in [0.1, 0.15) is 5.54 Å². The molecule has 4 amide bonds. The summed E-state index contributed by atoms with van der Waals surface area (Å²) in [6, 6.07) is 11.6. The molecule has 1 spiro atoms. The number of thiophene rings is 1. The predicted molar refractivity (Wildman–Crippen MR) is 124 cm³/mol. The Bertz CT molecular complexity index is 966. The highest BCUT2D eigenvalue weighted by Gasteiger charge is 2.52. The van der Waals surface area contributed by atoms with Crippen LogP contribution in [-0.2, 0) is 16.0 Å². The lowest BCUT2D eigenvalue weighted by Crippen LogP contribution is -2.52. The summed E-state index contributed by atoms with van der Waals surface area (Å²) in [4.78, 5) is 39.2. The van der Waals surface area contributed by atoms with E-state index in [0.717, 1.165) is 34.7 Å². The number of hydrazine groups is 1. The zero-order chi connectivity index (χ0) is 22.7. The molecule has 0 bridgehead atoms. The maximum absolute atomic E-state index is 13.0. The fourth-order valence-electron chi connectivity index (χ4n) is 4.46. The van der Waals surface area contributed by atoms with E-state index in [1.165, 1.54) is 5.56 Å². The van der Waals surface area contributed by atoms with E-state index in [0.29, 0.717) is 18.8 Å². The van der Waals surface area contributed by atoms with Crippen LogP contribution >= 0.6 is 11.3 Å². The Morgan fingerprint density at radius 2 is 1.94 bits per heavy atom. The number of carbonyl (C=O) groups is 3. The van der Waals surface area contributed by atoms with Crippen molar-refractivity contribution < 1.29 is 14.4 Å². The van der Waals surface area contributed by atoms with Crippen molar-refractivity contribution in [1.82, 2.24) is 21.1 Å². The monoisotopic (exact) mass is 454 g/mol. The van der Waals surface area contributed by atoms with Crippen LogP contribution in [0, 0.1) is 5.92 Å². The highest BCUT2D eigenvalue weighted by atomic mass is 32.1. The molecule has 7 nitrogen and oxygen atoms in total. The van der Waals surface area contributed by atoms with Gasteiger partial charge in [0.25, 0.3) is 11.8 Å². The minimum absolute atomic E-state index is 0.0286. The number of amides is 4. The third kappa shape index (κ3) is 4.56. The number of nitrogens with zero attached hydrogens (tertiary/aromatic N) is 1. The SMILES string of the molecule is CCc1ccc([C@@H](NCC(=O)NN2C(=O)NC3(CCC(C)CC3)C2=O)c2cccs2)cc1. The summed E-state index contributed by atoms with van der Waals surface area (Å²) in [5.74, 6) is -0.243. The van der Waals surface area contributed by atoms with E-state index in [9.17, 15) is 14.4 Å². The van der Waals surface area contributed by atoms with Gasteiger partial charge in [0.05, 0.1) is 12.6 Å². The lowest BCUT2D eigenvalue weighted by atomic mass is 9.77. The van der Waals surface area contributed by atoms with Crippen molar-refractivity contribution in [2.24, 2.45) is 5.92 Å². The average molecular weight is 455 g/mol. The van der Waals surface area contributed by atoms with E-state index < -0.39 is 17.5 Å². The Labute approximate surface area is 192 Å². The molecule has 2 fully saturated rings. The maximum atomic E-state index is 13.0. The van der Waals surface area contributed by atoms with Crippen molar-refractivity contribution in [3.8, 4) is 0 Å². The molecule has 1 aromatic carbocycles. The number of nitrogens with one attached hydrogen (secondary N) is 3. The molecule has 4 rings (SSSR count). The van der Waals surface area contributed by atoms with E-state index in [1.54, 1.807) is 11.3 Å². The largest absolute Gasteiger partial charge is 0.344 e. The van der Waals surface area contributed by atoms with Gasteiger partial charge in [0, 0.05) is 4.88 Å². The molecular weight excluding hydrogens is 424 g/mol. The van der Waals surface area contributed by atoms with Gasteiger partial charge in [-0.25, -0.2) is 4.79 Å². The Balaban J connectivity index is 1.40. The van der Waals surface area contributed by atoms with E-state index in [4.69, 9.17) is 0 Å². The van der Waals surface area contributed by atoms with Crippen LogP contribution in [0.4, 0.5) is 4.79 Å². The zero-order valence-electron chi connectivity index (χ0n) is 18.5. The standard InChI is InChI=1S/C24H30N4O3S/c1-3-17-6-8-18(9-7-17)21(19-5-4-14-32-19)25-15-20(29)27-28-22(30)24(26-23(28)31)12-10-16(2)11-13-24/h4-9,14,16,21,25H,3,10-13,15H2,1-2H3,(H,26,31)(H,27,29)/t16?,21-,24?/m1/s1. The van der Waals surface area contributed by atoms with Crippen LogP contribution in [-0.4, -0.2) is 34.9 Å². The first-order valence-electron chi connectivity index (χ1n) is 11.2. The van der Waals surface area contributed by atoms with Crippen LogP contribution in [0.3, 0.4) is 0 Å². The molecule has 2 aliphatic rings. The lowest BCUT2D eigenvalue weighted by Gasteiger charge is -2.33. The predicted octanol–water partition coefficient (Wildman–Crippen LogP) is 3.52. The minimum Gasteiger partial charge on any atom is -0.322 e. The van der Waals surface area contributed by atoms with Gasteiger partial charge >= 0.3 is 6.03 Å². The van der Waals surface area contributed by atoms with Gasteiger partial charge in [0.15, 0.2) is 0 Å².